The second-order valence-electron chi connectivity index (χ2n) is 4.23. The number of rotatable bonds is 5. The van der Waals surface area contributed by atoms with Gasteiger partial charge in [0, 0.05) is 0 Å². The Morgan fingerprint density at radius 1 is 1.45 bits per heavy atom. The van der Waals surface area contributed by atoms with Crippen LogP contribution in [0.25, 0.3) is 0 Å². The smallest absolute Gasteiger partial charge is 0.356 e. The average Bonchev–Trinajstić information content (AvgIpc) is 2.97. The van der Waals surface area contributed by atoms with Crippen LogP contribution in [-0.2, 0) is 4.74 Å². The van der Waals surface area contributed by atoms with E-state index in [0.717, 1.165) is 5.56 Å². The van der Waals surface area contributed by atoms with Crippen molar-refractivity contribution in [1.82, 2.24) is 9.55 Å². The number of nitrogens with zero attached hydrogens (tertiary/aromatic N) is 2. The number of carbonyl (C=O) groups is 1. The zero-order valence-corrected chi connectivity index (χ0v) is 13.2. The molecule has 2 rings (SSSR count). The number of esters is 1. The molecule has 0 bridgehead atoms. The van der Waals surface area contributed by atoms with Gasteiger partial charge in [0.15, 0.2) is 0 Å². The molecule has 0 aliphatic rings. The van der Waals surface area contributed by atoms with Gasteiger partial charge in [-0.1, -0.05) is 52.9 Å². The molecule has 0 N–H and O–H groups in total. The van der Waals surface area contributed by atoms with Crippen molar-refractivity contribution in [3.63, 3.8) is 0 Å². The van der Waals surface area contributed by atoms with Gasteiger partial charge >= 0.3 is 5.97 Å². The fourth-order valence-electron chi connectivity index (χ4n) is 1.90. The van der Waals surface area contributed by atoms with Crippen molar-refractivity contribution in [2.24, 2.45) is 0 Å². The number of benzene rings is 1. The first-order valence-electron chi connectivity index (χ1n) is 6.23. The largest absolute Gasteiger partial charge is 0.457 e. The standard InChI is InChI=1S/C15H15IN2O2/c1-12(13-6-3-2-4-7-13)18-11-17-10-14(18)15(19)20-9-5-8-16/h2-8,10-12H,9H2,1H3/b8-5+/t12-/m1/s1. The summed E-state index contributed by atoms with van der Waals surface area (Å²) in [5.41, 5.74) is 1.58. The van der Waals surface area contributed by atoms with Gasteiger partial charge in [-0.25, -0.2) is 9.78 Å². The Labute approximate surface area is 131 Å². The summed E-state index contributed by atoms with van der Waals surface area (Å²) in [5.74, 6) is -0.361. The summed E-state index contributed by atoms with van der Waals surface area (Å²) in [6.07, 6.45) is 4.97. The highest BCUT2D eigenvalue weighted by molar-refractivity contribution is 14.1. The third-order valence-corrected chi connectivity index (χ3v) is 3.48. The van der Waals surface area contributed by atoms with Gasteiger partial charge in [-0.05, 0) is 22.6 Å². The Bertz CT molecular complexity index is 593. The molecule has 20 heavy (non-hydrogen) atoms. The van der Waals surface area contributed by atoms with E-state index in [0.29, 0.717) is 5.69 Å². The lowest BCUT2D eigenvalue weighted by molar-refractivity contribution is 0.0536. The van der Waals surface area contributed by atoms with E-state index < -0.39 is 0 Å². The van der Waals surface area contributed by atoms with E-state index in [2.05, 4.69) is 27.6 Å². The molecule has 0 spiro atoms. The van der Waals surface area contributed by atoms with E-state index in [4.69, 9.17) is 4.74 Å². The van der Waals surface area contributed by atoms with Crippen LogP contribution >= 0.6 is 22.6 Å². The highest BCUT2D eigenvalue weighted by Gasteiger charge is 2.17. The Hall–Kier alpha value is -1.63. The van der Waals surface area contributed by atoms with Crippen LogP contribution in [0.2, 0.25) is 0 Å². The number of halogens is 1. The first-order chi connectivity index (χ1) is 9.74. The fraction of sp³-hybridized carbons (Fsp3) is 0.200. The number of ether oxygens (including phenoxy) is 1. The fourth-order valence-corrected chi connectivity index (χ4v) is 2.11. The first kappa shape index (κ1) is 14.8. The Balaban J connectivity index is 2.18. The lowest BCUT2D eigenvalue weighted by Gasteiger charge is -2.16. The van der Waals surface area contributed by atoms with Crippen LogP contribution < -0.4 is 0 Å². The summed E-state index contributed by atoms with van der Waals surface area (Å²) in [6, 6.07) is 10.0. The minimum Gasteiger partial charge on any atom is -0.457 e. The topological polar surface area (TPSA) is 44.1 Å². The first-order valence-corrected chi connectivity index (χ1v) is 7.47. The summed E-state index contributed by atoms with van der Waals surface area (Å²) >= 11 is 2.08. The second-order valence-corrected chi connectivity index (χ2v) is 4.95. The molecular weight excluding hydrogens is 367 g/mol. The van der Waals surface area contributed by atoms with Gasteiger partial charge in [-0.3, -0.25) is 0 Å². The van der Waals surface area contributed by atoms with Gasteiger partial charge in [0.1, 0.15) is 12.3 Å². The zero-order chi connectivity index (χ0) is 14.4. The molecule has 0 saturated carbocycles. The van der Waals surface area contributed by atoms with Crippen molar-refractivity contribution in [3.8, 4) is 0 Å². The van der Waals surface area contributed by atoms with Crippen molar-refractivity contribution in [2.75, 3.05) is 6.61 Å². The quantitative estimate of drug-likeness (QED) is 0.587. The van der Waals surface area contributed by atoms with Crippen molar-refractivity contribution in [3.05, 3.63) is 64.3 Å². The van der Waals surface area contributed by atoms with Gasteiger partial charge in [-0.15, -0.1) is 0 Å². The molecule has 104 valence electrons. The zero-order valence-electron chi connectivity index (χ0n) is 11.1. The molecule has 0 fully saturated rings. The second kappa shape index (κ2) is 7.23. The summed E-state index contributed by atoms with van der Waals surface area (Å²) in [5, 5.41) is 0. The van der Waals surface area contributed by atoms with Crippen LogP contribution in [0.4, 0.5) is 0 Å². The van der Waals surface area contributed by atoms with Crippen LogP contribution in [0.5, 0.6) is 0 Å². The van der Waals surface area contributed by atoms with Crippen molar-refractivity contribution in [1.29, 1.82) is 0 Å². The molecule has 5 heteroatoms. The van der Waals surface area contributed by atoms with E-state index in [9.17, 15) is 4.79 Å². The third kappa shape index (κ3) is 3.47. The highest BCUT2D eigenvalue weighted by atomic mass is 127. The van der Waals surface area contributed by atoms with Crippen molar-refractivity contribution < 1.29 is 9.53 Å². The van der Waals surface area contributed by atoms with Crippen LogP contribution in [0.15, 0.2) is 53.0 Å². The predicted molar refractivity (Wildman–Crippen MR) is 85.9 cm³/mol. The van der Waals surface area contributed by atoms with Crippen LogP contribution in [-0.4, -0.2) is 22.1 Å². The number of imidazole rings is 1. The Kier molecular flexibility index (Phi) is 5.34. The molecule has 0 aliphatic heterocycles. The van der Waals surface area contributed by atoms with Crippen LogP contribution in [0, 0.1) is 0 Å². The molecule has 4 nitrogen and oxygen atoms in total. The molecule has 1 atom stereocenters. The SMILES string of the molecule is C[C@H](c1ccccc1)n1cncc1C(=O)OC/C=C/I. The summed E-state index contributed by atoms with van der Waals surface area (Å²) in [7, 11) is 0. The minimum atomic E-state index is -0.361. The summed E-state index contributed by atoms with van der Waals surface area (Å²) in [6.45, 7) is 2.30. The predicted octanol–water partition coefficient (Wildman–Crippen LogP) is 3.60. The highest BCUT2D eigenvalue weighted by Crippen LogP contribution is 2.19. The Morgan fingerprint density at radius 3 is 2.90 bits per heavy atom. The molecule has 1 aromatic heterocycles. The van der Waals surface area contributed by atoms with Crippen LogP contribution in [0.3, 0.4) is 0 Å². The third-order valence-electron chi connectivity index (χ3n) is 2.97. The minimum absolute atomic E-state index is 0.0290. The van der Waals surface area contributed by atoms with Crippen molar-refractivity contribution in [2.45, 2.75) is 13.0 Å². The van der Waals surface area contributed by atoms with Crippen LogP contribution in [0.1, 0.15) is 29.0 Å². The Morgan fingerprint density at radius 2 is 2.20 bits per heavy atom. The lowest BCUT2D eigenvalue weighted by Crippen LogP contribution is -2.15. The average molecular weight is 382 g/mol. The number of aromatic nitrogens is 2. The maximum atomic E-state index is 12.0. The van der Waals surface area contributed by atoms with E-state index >= 15 is 0 Å². The summed E-state index contributed by atoms with van der Waals surface area (Å²) in [4.78, 5) is 16.1. The molecule has 0 radical (unpaired) electrons. The van der Waals surface area contributed by atoms with Gasteiger partial charge in [-0.2, -0.15) is 0 Å². The monoisotopic (exact) mass is 382 g/mol. The molecule has 1 heterocycles. The summed E-state index contributed by atoms with van der Waals surface area (Å²) < 4.78 is 8.80. The number of carbonyl (C=O) groups excluding carboxylic acids is 1. The van der Waals surface area contributed by atoms with Gasteiger partial charge in [0.2, 0.25) is 0 Å². The molecule has 0 amide bonds. The molecule has 0 aliphatic carbocycles. The van der Waals surface area contributed by atoms with E-state index in [1.807, 2.05) is 45.9 Å². The van der Waals surface area contributed by atoms with Gasteiger partial charge in [0.25, 0.3) is 0 Å². The number of hydrogen-bond donors (Lipinski definition) is 0. The molecule has 0 unspecified atom stereocenters. The molecule has 0 saturated heterocycles. The van der Waals surface area contributed by atoms with Gasteiger partial charge in [0.05, 0.1) is 18.6 Å². The maximum absolute atomic E-state index is 12.0. The van der Waals surface area contributed by atoms with Gasteiger partial charge < -0.3 is 9.30 Å². The number of hydrogen-bond acceptors (Lipinski definition) is 3. The van der Waals surface area contributed by atoms with E-state index in [1.54, 1.807) is 12.4 Å². The molecule has 1 aromatic carbocycles. The normalized spacial score (nSPS) is 12.5. The molecule has 2 aromatic rings. The van der Waals surface area contributed by atoms with E-state index in [-0.39, 0.29) is 18.6 Å². The lowest BCUT2D eigenvalue weighted by atomic mass is 10.1. The maximum Gasteiger partial charge on any atom is 0.356 e. The molecular formula is C15H15IN2O2. The van der Waals surface area contributed by atoms with Crippen molar-refractivity contribution >= 4 is 28.6 Å². The van der Waals surface area contributed by atoms with E-state index in [1.165, 1.54) is 6.20 Å².